The van der Waals surface area contributed by atoms with Gasteiger partial charge < -0.3 is 4.43 Å². The van der Waals surface area contributed by atoms with Crippen LogP contribution in [0.2, 0.25) is 19.6 Å². The van der Waals surface area contributed by atoms with Crippen molar-refractivity contribution in [2.24, 2.45) is 0 Å². The average molecular weight is 386 g/mol. The van der Waals surface area contributed by atoms with Crippen LogP contribution in [0.15, 0.2) is 0 Å². The highest BCUT2D eigenvalue weighted by Gasteiger charge is 2.88. The highest BCUT2D eigenvalue weighted by Crippen LogP contribution is 2.57. The van der Waals surface area contributed by atoms with Gasteiger partial charge in [-0.3, -0.25) is 0 Å². The summed E-state index contributed by atoms with van der Waals surface area (Å²) in [5.74, 6) is -32.4. The number of hydrogen-bond acceptors (Lipinski definition) is 2. The van der Waals surface area contributed by atoms with Crippen LogP contribution in [-0.4, -0.2) is 44.2 Å². The van der Waals surface area contributed by atoms with Crippen LogP contribution in [0.4, 0.5) is 48.3 Å². The fourth-order valence-electron chi connectivity index (χ4n) is 1.04. The van der Waals surface area contributed by atoms with E-state index in [-0.39, 0.29) is 0 Å². The minimum atomic E-state index is -7.61. The van der Waals surface area contributed by atoms with Crippen molar-refractivity contribution in [1.82, 2.24) is 0 Å². The third kappa shape index (κ3) is 3.55. The SMILES string of the molecule is C[Si](C)(C)OC(=O)C(F)(F)C(F)(F)C(F)(F)C(F)(F)C(F)(F)F. The topological polar surface area (TPSA) is 26.3 Å². The normalized spacial score (nSPS) is 15.6. The summed E-state index contributed by atoms with van der Waals surface area (Å²) in [7, 11) is -3.37. The predicted octanol–water partition coefficient (Wildman–Crippen LogP) is 4.47. The van der Waals surface area contributed by atoms with E-state index in [1.807, 2.05) is 0 Å². The Kier molecular flexibility index (Phi) is 5.22. The summed E-state index contributed by atoms with van der Waals surface area (Å²) in [4.78, 5) is 10.9. The summed E-state index contributed by atoms with van der Waals surface area (Å²) < 4.78 is 142. The second-order valence-electron chi connectivity index (χ2n) is 5.30. The van der Waals surface area contributed by atoms with Gasteiger partial charge in [0.05, 0.1) is 0 Å². The Hall–Kier alpha value is -1.08. The van der Waals surface area contributed by atoms with E-state index in [0.717, 1.165) is 19.6 Å². The third-order valence-corrected chi connectivity index (χ3v) is 2.99. The molecule has 0 fully saturated rings. The molecule has 138 valence electrons. The first-order chi connectivity index (χ1) is 9.63. The van der Waals surface area contributed by atoms with E-state index >= 15 is 0 Å². The Balaban J connectivity index is 5.99. The monoisotopic (exact) mass is 386 g/mol. The Morgan fingerprint density at radius 1 is 0.696 bits per heavy atom. The standard InChI is InChI=1S/C9H9F11O2Si/c1-23(2,3)22-4(21)5(10,11)6(12,13)7(14,15)8(16,17)9(18,19)20/h1-3H3. The van der Waals surface area contributed by atoms with Gasteiger partial charge in [0.15, 0.2) is 0 Å². The molecule has 0 spiro atoms. The Morgan fingerprint density at radius 2 is 1.04 bits per heavy atom. The number of carbonyl (C=O) groups excluding carboxylic acids is 1. The van der Waals surface area contributed by atoms with Gasteiger partial charge in [-0.1, -0.05) is 0 Å². The maximum absolute atomic E-state index is 13.2. The van der Waals surface area contributed by atoms with Gasteiger partial charge in [0.25, 0.3) is 0 Å². The molecule has 0 saturated carbocycles. The second kappa shape index (κ2) is 5.48. The van der Waals surface area contributed by atoms with Crippen molar-refractivity contribution in [2.45, 2.75) is 49.5 Å². The molecule has 0 heterocycles. The number of carbonyl (C=O) groups is 1. The molecule has 14 heteroatoms. The molecular formula is C9H9F11O2Si. The first-order valence-electron chi connectivity index (χ1n) is 5.44. The van der Waals surface area contributed by atoms with Crippen LogP contribution in [-0.2, 0) is 9.22 Å². The average Bonchev–Trinajstić information content (AvgIpc) is 2.23. The molecule has 0 aromatic heterocycles. The molecule has 0 radical (unpaired) electrons. The molecule has 23 heavy (non-hydrogen) atoms. The molecule has 0 rings (SSSR count). The fraction of sp³-hybridized carbons (Fsp3) is 0.889. The first-order valence-corrected chi connectivity index (χ1v) is 8.85. The van der Waals surface area contributed by atoms with Gasteiger partial charge in [-0.05, 0) is 19.6 Å². The van der Waals surface area contributed by atoms with Crippen LogP contribution >= 0.6 is 0 Å². The third-order valence-electron chi connectivity index (χ3n) is 2.19. The van der Waals surface area contributed by atoms with Gasteiger partial charge >= 0.3 is 35.8 Å². The van der Waals surface area contributed by atoms with Gasteiger partial charge in [-0.15, -0.1) is 0 Å². The zero-order chi connectivity index (χ0) is 19.3. The summed E-state index contributed by atoms with van der Waals surface area (Å²) in [6, 6.07) is 0. The van der Waals surface area contributed by atoms with Crippen LogP contribution in [0, 0.1) is 0 Å². The van der Waals surface area contributed by atoms with Crippen molar-refractivity contribution < 1.29 is 57.5 Å². The summed E-state index contributed by atoms with van der Waals surface area (Å²) >= 11 is 0. The lowest BCUT2D eigenvalue weighted by atomic mass is 9.98. The van der Waals surface area contributed by atoms with Crippen LogP contribution in [0.3, 0.4) is 0 Å². The Bertz CT molecular complexity index is 463. The van der Waals surface area contributed by atoms with Gasteiger partial charge in [0.2, 0.25) is 8.32 Å². The lowest BCUT2D eigenvalue weighted by Crippen LogP contribution is -2.68. The van der Waals surface area contributed by atoms with E-state index < -0.39 is 44.2 Å². The van der Waals surface area contributed by atoms with E-state index in [1.165, 1.54) is 0 Å². The minimum Gasteiger partial charge on any atom is -0.515 e. The zero-order valence-electron chi connectivity index (χ0n) is 11.5. The van der Waals surface area contributed by atoms with E-state index in [9.17, 15) is 53.1 Å². The first kappa shape index (κ1) is 21.9. The quantitative estimate of drug-likeness (QED) is 0.515. The molecule has 0 saturated heterocycles. The van der Waals surface area contributed by atoms with Gasteiger partial charge in [-0.25, -0.2) is 4.79 Å². The minimum absolute atomic E-state index is 0.974. The van der Waals surface area contributed by atoms with Crippen molar-refractivity contribution in [3.63, 3.8) is 0 Å². The second-order valence-corrected chi connectivity index (χ2v) is 9.73. The van der Waals surface area contributed by atoms with Crippen molar-refractivity contribution in [3.05, 3.63) is 0 Å². The van der Waals surface area contributed by atoms with Crippen LogP contribution < -0.4 is 0 Å². The van der Waals surface area contributed by atoms with E-state index in [1.54, 1.807) is 0 Å². The predicted molar refractivity (Wildman–Crippen MR) is 55.3 cm³/mol. The van der Waals surface area contributed by atoms with Crippen LogP contribution in [0.25, 0.3) is 0 Å². The molecule has 0 unspecified atom stereocenters. The van der Waals surface area contributed by atoms with Crippen molar-refractivity contribution in [2.75, 3.05) is 0 Å². The molecular weight excluding hydrogens is 377 g/mol. The van der Waals surface area contributed by atoms with Gasteiger partial charge in [-0.2, -0.15) is 48.3 Å². The molecule has 0 atom stereocenters. The van der Waals surface area contributed by atoms with E-state index in [0.29, 0.717) is 0 Å². The molecule has 2 nitrogen and oxygen atoms in total. The smallest absolute Gasteiger partial charge is 0.460 e. The largest absolute Gasteiger partial charge is 0.515 e. The van der Waals surface area contributed by atoms with Crippen LogP contribution in [0.5, 0.6) is 0 Å². The fourth-order valence-corrected chi connectivity index (χ4v) is 1.73. The number of alkyl halides is 11. The molecule has 0 aliphatic carbocycles. The van der Waals surface area contributed by atoms with Crippen molar-refractivity contribution >= 4 is 14.3 Å². The van der Waals surface area contributed by atoms with Crippen molar-refractivity contribution in [1.29, 1.82) is 0 Å². The maximum atomic E-state index is 13.2. The molecule has 0 bridgehead atoms. The number of halogens is 11. The molecule has 0 aliphatic rings. The van der Waals surface area contributed by atoms with Crippen LogP contribution in [0.1, 0.15) is 0 Å². The Morgan fingerprint density at radius 3 is 1.30 bits per heavy atom. The molecule has 0 aliphatic heterocycles. The number of rotatable bonds is 5. The molecule has 0 aromatic carbocycles. The highest BCUT2D eigenvalue weighted by atomic mass is 28.4. The lowest BCUT2D eigenvalue weighted by Gasteiger charge is -2.36. The van der Waals surface area contributed by atoms with E-state index in [4.69, 9.17) is 0 Å². The molecule has 0 aromatic rings. The van der Waals surface area contributed by atoms with Gasteiger partial charge in [0, 0.05) is 0 Å². The summed E-state index contributed by atoms with van der Waals surface area (Å²) in [6.45, 7) is 2.92. The zero-order valence-corrected chi connectivity index (χ0v) is 12.5. The molecule has 0 N–H and O–H groups in total. The summed E-state index contributed by atoms with van der Waals surface area (Å²) in [6.07, 6.45) is -7.27. The van der Waals surface area contributed by atoms with Crippen molar-refractivity contribution in [3.8, 4) is 0 Å². The number of hydrogen-bond donors (Lipinski definition) is 0. The maximum Gasteiger partial charge on any atom is 0.460 e. The van der Waals surface area contributed by atoms with E-state index in [2.05, 4.69) is 4.43 Å². The molecule has 0 amide bonds. The Labute approximate surface area is 122 Å². The van der Waals surface area contributed by atoms with Gasteiger partial charge in [0.1, 0.15) is 0 Å². The lowest BCUT2D eigenvalue weighted by molar-refractivity contribution is -0.418. The summed E-state index contributed by atoms with van der Waals surface area (Å²) in [5, 5.41) is 0. The summed E-state index contributed by atoms with van der Waals surface area (Å²) in [5.41, 5.74) is 0. The highest BCUT2D eigenvalue weighted by molar-refractivity contribution is 6.71.